The summed E-state index contributed by atoms with van der Waals surface area (Å²) in [6, 6.07) is 8.49. The van der Waals surface area contributed by atoms with Crippen LogP contribution in [0.15, 0.2) is 24.3 Å². The highest BCUT2D eigenvalue weighted by atomic mass is 16.3. The van der Waals surface area contributed by atoms with Gasteiger partial charge in [-0.25, -0.2) is 0 Å². The van der Waals surface area contributed by atoms with Crippen molar-refractivity contribution in [3.8, 4) is 0 Å². The molecule has 2 unspecified atom stereocenters. The van der Waals surface area contributed by atoms with Crippen LogP contribution in [0.1, 0.15) is 57.1 Å². The third kappa shape index (κ3) is 4.32. The van der Waals surface area contributed by atoms with Gasteiger partial charge in [-0.3, -0.25) is 0 Å². The number of aliphatic hydroxyl groups excluding tert-OH is 1. The van der Waals surface area contributed by atoms with Crippen molar-refractivity contribution >= 4 is 0 Å². The fourth-order valence-electron chi connectivity index (χ4n) is 2.94. The zero-order chi connectivity index (χ0) is 15.0. The Balaban J connectivity index is 2.92. The molecule has 0 saturated carbocycles. The molecule has 1 aromatic carbocycles. The van der Waals surface area contributed by atoms with E-state index >= 15 is 0 Å². The van der Waals surface area contributed by atoms with Crippen LogP contribution in [0.4, 0.5) is 0 Å². The molecule has 2 atom stereocenters. The van der Waals surface area contributed by atoms with Crippen molar-refractivity contribution in [1.82, 2.24) is 0 Å². The maximum absolute atomic E-state index is 9.99. The lowest BCUT2D eigenvalue weighted by Gasteiger charge is -2.35. The molecule has 0 heterocycles. The summed E-state index contributed by atoms with van der Waals surface area (Å²) in [7, 11) is 0. The molecule has 0 spiro atoms. The number of aliphatic hydroxyl groups is 1. The molecule has 0 aromatic heterocycles. The Morgan fingerprint density at radius 1 is 1.20 bits per heavy atom. The van der Waals surface area contributed by atoms with Crippen molar-refractivity contribution < 1.29 is 5.11 Å². The summed E-state index contributed by atoms with van der Waals surface area (Å²) in [6.45, 7) is 7.20. The minimum atomic E-state index is -0.276. The van der Waals surface area contributed by atoms with Gasteiger partial charge in [0, 0.05) is 12.0 Å². The van der Waals surface area contributed by atoms with E-state index in [-0.39, 0.29) is 12.0 Å². The molecule has 0 aliphatic heterocycles. The molecule has 20 heavy (non-hydrogen) atoms. The molecule has 3 N–H and O–H groups in total. The first-order valence-electron chi connectivity index (χ1n) is 8.00. The minimum absolute atomic E-state index is 0.134. The van der Waals surface area contributed by atoms with Crippen LogP contribution in [0.25, 0.3) is 0 Å². The number of rotatable bonds is 9. The van der Waals surface area contributed by atoms with E-state index in [9.17, 15) is 5.11 Å². The van der Waals surface area contributed by atoms with Gasteiger partial charge in [-0.2, -0.15) is 0 Å². The Kier molecular flexibility index (Phi) is 7.25. The van der Waals surface area contributed by atoms with Crippen molar-refractivity contribution in [2.24, 2.45) is 11.7 Å². The lowest BCUT2D eigenvalue weighted by atomic mass is 9.72. The molecule has 0 amide bonds. The fourth-order valence-corrected chi connectivity index (χ4v) is 2.94. The molecule has 0 aliphatic carbocycles. The van der Waals surface area contributed by atoms with Crippen molar-refractivity contribution in [2.75, 3.05) is 13.2 Å². The first-order chi connectivity index (χ1) is 9.61. The molecule has 114 valence electrons. The van der Waals surface area contributed by atoms with E-state index < -0.39 is 0 Å². The summed E-state index contributed by atoms with van der Waals surface area (Å²) in [6.07, 6.45) is 5.88. The Labute approximate surface area is 124 Å². The third-order valence-corrected chi connectivity index (χ3v) is 4.58. The van der Waals surface area contributed by atoms with Gasteiger partial charge in [-0.05, 0) is 24.8 Å². The Morgan fingerprint density at radius 2 is 1.85 bits per heavy atom. The van der Waals surface area contributed by atoms with Gasteiger partial charge in [0.15, 0.2) is 0 Å². The Hall–Kier alpha value is -0.860. The van der Waals surface area contributed by atoms with Crippen LogP contribution in [0.5, 0.6) is 0 Å². The monoisotopic (exact) mass is 277 g/mol. The van der Waals surface area contributed by atoms with E-state index in [1.165, 1.54) is 30.4 Å². The highest BCUT2D eigenvalue weighted by Crippen LogP contribution is 2.33. The number of hydrogen-bond donors (Lipinski definition) is 2. The molecule has 0 fully saturated rings. The number of unbranched alkanes of at least 4 members (excludes halogenated alkanes) is 1. The van der Waals surface area contributed by atoms with Crippen molar-refractivity contribution in [3.63, 3.8) is 0 Å². The van der Waals surface area contributed by atoms with E-state index in [2.05, 4.69) is 45.0 Å². The molecule has 1 aromatic rings. The van der Waals surface area contributed by atoms with Crippen LogP contribution in [-0.4, -0.2) is 18.3 Å². The second-order valence-electron chi connectivity index (χ2n) is 6.13. The summed E-state index contributed by atoms with van der Waals surface area (Å²) in [5.41, 5.74) is 8.21. The summed E-state index contributed by atoms with van der Waals surface area (Å²) in [5.74, 6) is 0.645. The average molecular weight is 277 g/mol. The van der Waals surface area contributed by atoms with Gasteiger partial charge in [0.05, 0.1) is 6.61 Å². The maximum Gasteiger partial charge on any atom is 0.0540 e. The van der Waals surface area contributed by atoms with Crippen LogP contribution in [0.3, 0.4) is 0 Å². The SMILES string of the molecule is CCCCC(CC)CC(CN)(CO)c1ccc(C)cc1. The molecule has 2 nitrogen and oxygen atoms in total. The predicted octanol–water partition coefficient (Wildman–Crippen LogP) is 3.79. The van der Waals surface area contributed by atoms with Crippen molar-refractivity contribution in [2.45, 2.75) is 58.3 Å². The summed E-state index contributed by atoms with van der Waals surface area (Å²) in [4.78, 5) is 0. The average Bonchev–Trinajstić information content (AvgIpc) is 2.49. The zero-order valence-corrected chi connectivity index (χ0v) is 13.4. The Bertz CT molecular complexity index is 368. The highest BCUT2D eigenvalue weighted by molar-refractivity contribution is 5.29. The molecular weight excluding hydrogens is 246 g/mol. The summed E-state index contributed by atoms with van der Waals surface area (Å²) < 4.78 is 0. The lowest BCUT2D eigenvalue weighted by molar-refractivity contribution is 0.163. The minimum Gasteiger partial charge on any atom is -0.395 e. The van der Waals surface area contributed by atoms with Crippen molar-refractivity contribution in [3.05, 3.63) is 35.4 Å². The smallest absolute Gasteiger partial charge is 0.0540 e. The third-order valence-electron chi connectivity index (χ3n) is 4.58. The van der Waals surface area contributed by atoms with E-state index in [4.69, 9.17) is 5.73 Å². The molecule has 2 heteroatoms. The van der Waals surface area contributed by atoms with Gasteiger partial charge in [0.25, 0.3) is 0 Å². The quantitative estimate of drug-likeness (QED) is 0.721. The van der Waals surface area contributed by atoms with E-state index in [0.29, 0.717) is 12.5 Å². The molecule has 0 saturated heterocycles. The fraction of sp³-hybridized carbons (Fsp3) is 0.667. The normalized spacial score (nSPS) is 15.8. The van der Waals surface area contributed by atoms with E-state index in [1.807, 2.05) is 0 Å². The summed E-state index contributed by atoms with van der Waals surface area (Å²) >= 11 is 0. The van der Waals surface area contributed by atoms with Gasteiger partial charge in [0.1, 0.15) is 0 Å². The van der Waals surface area contributed by atoms with Crippen LogP contribution in [-0.2, 0) is 5.41 Å². The van der Waals surface area contributed by atoms with Crippen LogP contribution in [0, 0.1) is 12.8 Å². The lowest BCUT2D eigenvalue weighted by Crippen LogP contribution is -2.40. The zero-order valence-electron chi connectivity index (χ0n) is 13.4. The number of hydrogen-bond acceptors (Lipinski definition) is 2. The van der Waals surface area contributed by atoms with Crippen LogP contribution in [0.2, 0.25) is 0 Å². The summed E-state index contributed by atoms with van der Waals surface area (Å²) in [5, 5.41) is 9.99. The van der Waals surface area contributed by atoms with E-state index in [0.717, 1.165) is 12.8 Å². The standard InChI is InChI=1S/C18H31NO/c1-4-6-7-16(5-2)12-18(13-19,14-20)17-10-8-15(3)9-11-17/h8-11,16,20H,4-7,12-14,19H2,1-3H3. The first kappa shape index (κ1) is 17.2. The van der Waals surface area contributed by atoms with Gasteiger partial charge in [-0.15, -0.1) is 0 Å². The predicted molar refractivity (Wildman–Crippen MR) is 86.9 cm³/mol. The molecule has 1 rings (SSSR count). The number of benzene rings is 1. The Morgan fingerprint density at radius 3 is 2.30 bits per heavy atom. The highest BCUT2D eigenvalue weighted by Gasteiger charge is 2.32. The van der Waals surface area contributed by atoms with Crippen LogP contribution >= 0.6 is 0 Å². The number of aryl methyl sites for hydroxylation is 1. The van der Waals surface area contributed by atoms with Gasteiger partial charge < -0.3 is 10.8 Å². The van der Waals surface area contributed by atoms with Crippen LogP contribution < -0.4 is 5.73 Å². The van der Waals surface area contributed by atoms with E-state index in [1.54, 1.807) is 0 Å². The second-order valence-corrected chi connectivity index (χ2v) is 6.13. The van der Waals surface area contributed by atoms with Crippen molar-refractivity contribution in [1.29, 1.82) is 0 Å². The van der Waals surface area contributed by atoms with Gasteiger partial charge in [-0.1, -0.05) is 69.4 Å². The molecular formula is C18H31NO. The van der Waals surface area contributed by atoms with Gasteiger partial charge in [0.2, 0.25) is 0 Å². The maximum atomic E-state index is 9.99. The molecule has 0 aliphatic rings. The second kappa shape index (κ2) is 8.43. The largest absolute Gasteiger partial charge is 0.395 e. The van der Waals surface area contributed by atoms with Gasteiger partial charge >= 0.3 is 0 Å². The topological polar surface area (TPSA) is 46.2 Å². The molecule has 0 radical (unpaired) electrons. The number of nitrogens with two attached hydrogens (primary N) is 1. The molecule has 0 bridgehead atoms. The first-order valence-corrected chi connectivity index (χ1v) is 8.00.